The van der Waals surface area contributed by atoms with Crippen molar-refractivity contribution in [3.8, 4) is 11.4 Å². The van der Waals surface area contributed by atoms with Gasteiger partial charge >= 0.3 is 0 Å². The number of aromatic nitrogens is 2. The van der Waals surface area contributed by atoms with Crippen LogP contribution in [0, 0.1) is 12.7 Å². The van der Waals surface area contributed by atoms with E-state index in [0.29, 0.717) is 6.61 Å². The highest BCUT2D eigenvalue weighted by molar-refractivity contribution is 5.36. The molecule has 0 fully saturated rings. The minimum absolute atomic E-state index is 0.119. The summed E-state index contributed by atoms with van der Waals surface area (Å²) in [4.78, 5) is 0. The molecule has 0 aliphatic heterocycles. The van der Waals surface area contributed by atoms with Crippen LogP contribution in [0.5, 0.6) is 5.75 Å². The molecular weight excluding hydrogens is 329 g/mol. The molecule has 1 heterocycles. The lowest BCUT2D eigenvalue weighted by atomic mass is 10.1. The van der Waals surface area contributed by atoms with Crippen molar-refractivity contribution in [2.45, 2.75) is 33.4 Å². The average molecular weight is 353 g/mol. The van der Waals surface area contributed by atoms with Gasteiger partial charge in [0.05, 0.1) is 18.5 Å². The van der Waals surface area contributed by atoms with E-state index in [1.165, 1.54) is 12.1 Å². The SMILES string of the molecule is CCOc1cccc(CNC(C)c2cnn(-c3cccc(F)c3)c2C)c1. The summed E-state index contributed by atoms with van der Waals surface area (Å²) < 4.78 is 20.8. The zero-order valence-electron chi connectivity index (χ0n) is 15.4. The third-order valence-corrected chi connectivity index (χ3v) is 4.39. The van der Waals surface area contributed by atoms with Crippen LogP contribution in [0.1, 0.15) is 36.7 Å². The zero-order chi connectivity index (χ0) is 18.5. The van der Waals surface area contributed by atoms with E-state index in [-0.39, 0.29) is 11.9 Å². The molecule has 2 aromatic carbocycles. The molecule has 0 aliphatic carbocycles. The summed E-state index contributed by atoms with van der Waals surface area (Å²) >= 11 is 0. The van der Waals surface area contributed by atoms with E-state index in [1.807, 2.05) is 44.3 Å². The first-order valence-electron chi connectivity index (χ1n) is 8.84. The van der Waals surface area contributed by atoms with Crippen LogP contribution in [-0.2, 0) is 6.54 Å². The quantitative estimate of drug-likeness (QED) is 0.676. The molecule has 3 aromatic rings. The Morgan fingerprint density at radius 2 is 2.00 bits per heavy atom. The topological polar surface area (TPSA) is 39.1 Å². The smallest absolute Gasteiger partial charge is 0.125 e. The molecular formula is C21H24FN3O. The first kappa shape index (κ1) is 18.1. The highest BCUT2D eigenvalue weighted by atomic mass is 19.1. The van der Waals surface area contributed by atoms with E-state index in [4.69, 9.17) is 4.74 Å². The van der Waals surface area contributed by atoms with E-state index >= 15 is 0 Å². The average Bonchev–Trinajstić information content (AvgIpc) is 3.02. The maximum atomic E-state index is 13.5. The zero-order valence-corrected chi connectivity index (χ0v) is 15.4. The van der Waals surface area contributed by atoms with Crippen LogP contribution in [0.3, 0.4) is 0 Å². The minimum atomic E-state index is -0.265. The van der Waals surface area contributed by atoms with Gasteiger partial charge in [0, 0.05) is 23.8 Å². The third-order valence-electron chi connectivity index (χ3n) is 4.39. The molecule has 0 spiro atoms. The van der Waals surface area contributed by atoms with Crippen LogP contribution in [-0.4, -0.2) is 16.4 Å². The maximum absolute atomic E-state index is 13.5. The van der Waals surface area contributed by atoms with Crippen LogP contribution in [0.25, 0.3) is 5.69 Å². The van der Waals surface area contributed by atoms with Gasteiger partial charge < -0.3 is 10.1 Å². The normalized spacial score (nSPS) is 12.2. The second-order valence-electron chi connectivity index (χ2n) is 6.26. The fraction of sp³-hybridized carbons (Fsp3) is 0.286. The van der Waals surface area contributed by atoms with E-state index in [1.54, 1.807) is 10.7 Å². The van der Waals surface area contributed by atoms with Gasteiger partial charge in [-0.15, -0.1) is 0 Å². The van der Waals surface area contributed by atoms with Crippen LogP contribution in [0.2, 0.25) is 0 Å². The molecule has 1 unspecified atom stereocenters. The predicted octanol–water partition coefficient (Wildman–Crippen LogP) is 4.57. The van der Waals surface area contributed by atoms with Crippen molar-refractivity contribution in [1.29, 1.82) is 0 Å². The Morgan fingerprint density at radius 1 is 1.19 bits per heavy atom. The largest absolute Gasteiger partial charge is 0.494 e. The van der Waals surface area contributed by atoms with Crippen LogP contribution in [0.4, 0.5) is 4.39 Å². The van der Waals surface area contributed by atoms with E-state index in [0.717, 1.165) is 34.8 Å². The molecule has 0 aliphatic rings. The Kier molecular flexibility index (Phi) is 5.68. The summed E-state index contributed by atoms with van der Waals surface area (Å²) in [7, 11) is 0. The number of ether oxygens (including phenoxy) is 1. The molecule has 0 saturated heterocycles. The molecule has 0 bridgehead atoms. The number of halogens is 1. The second-order valence-corrected chi connectivity index (χ2v) is 6.26. The standard InChI is InChI=1S/C21H24FN3O/c1-4-26-20-10-5-7-17(11-20)13-23-15(2)21-14-24-25(16(21)3)19-9-6-8-18(22)12-19/h5-12,14-15,23H,4,13H2,1-3H3. The molecule has 1 atom stereocenters. The number of rotatable bonds is 7. The van der Waals surface area contributed by atoms with Crippen LogP contribution >= 0.6 is 0 Å². The van der Waals surface area contributed by atoms with Crippen molar-refractivity contribution in [1.82, 2.24) is 15.1 Å². The third kappa shape index (κ3) is 4.11. The fourth-order valence-corrected chi connectivity index (χ4v) is 3.01. The summed E-state index contributed by atoms with van der Waals surface area (Å²) in [6.45, 7) is 7.47. The van der Waals surface area contributed by atoms with Gasteiger partial charge in [-0.3, -0.25) is 0 Å². The van der Waals surface area contributed by atoms with Gasteiger partial charge in [-0.05, 0) is 56.7 Å². The minimum Gasteiger partial charge on any atom is -0.494 e. The molecule has 1 N–H and O–H groups in total. The Bertz CT molecular complexity index is 875. The van der Waals surface area contributed by atoms with E-state index in [2.05, 4.69) is 23.4 Å². The molecule has 0 radical (unpaired) electrons. The lowest BCUT2D eigenvalue weighted by Crippen LogP contribution is -2.18. The molecule has 0 saturated carbocycles. The first-order chi connectivity index (χ1) is 12.6. The van der Waals surface area contributed by atoms with E-state index < -0.39 is 0 Å². The van der Waals surface area contributed by atoms with Crippen molar-refractivity contribution in [2.24, 2.45) is 0 Å². The predicted molar refractivity (Wildman–Crippen MR) is 101 cm³/mol. The Labute approximate surface area is 153 Å². The summed E-state index contributed by atoms with van der Waals surface area (Å²) in [5.74, 6) is 0.619. The number of hydrogen-bond donors (Lipinski definition) is 1. The summed E-state index contributed by atoms with van der Waals surface area (Å²) in [5, 5.41) is 7.95. The molecule has 136 valence electrons. The van der Waals surface area contributed by atoms with Gasteiger partial charge in [0.1, 0.15) is 11.6 Å². The monoisotopic (exact) mass is 353 g/mol. The van der Waals surface area contributed by atoms with Crippen molar-refractivity contribution >= 4 is 0 Å². The Morgan fingerprint density at radius 3 is 2.77 bits per heavy atom. The van der Waals surface area contributed by atoms with Gasteiger partial charge in [-0.2, -0.15) is 5.10 Å². The second kappa shape index (κ2) is 8.15. The highest BCUT2D eigenvalue weighted by Crippen LogP contribution is 2.21. The Balaban J connectivity index is 1.71. The van der Waals surface area contributed by atoms with Gasteiger partial charge in [-0.25, -0.2) is 9.07 Å². The molecule has 1 aromatic heterocycles. The van der Waals surface area contributed by atoms with Gasteiger partial charge in [0.2, 0.25) is 0 Å². The van der Waals surface area contributed by atoms with Crippen LogP contribution < -0.4 is 10.1 Å². The number of nitrogens with zero attached hydrogens (tertiary/aromatic N) is 2. The van der Waals surface area contributed by atoms with Gasteiger partial charge in [0.25, 0.3) is 0 Å². The number of nitrogens with one attached hydrogen (secondary N) is 1. The van der Waals surface area contributed by atoms with Crippen molar-refractivity contribution in [3.63, 3.8) is 0 Å². The molecule has 5 heteroatoms. The highest BCUT2D eigenvalue weighted by Gasteiger charge is 2.14. The molecule has 0 amide bonds. The van der Waals surface area contributed by atoms with Gasteiger partial charge in [-0.1, -0.05) is 18.2 Å². The maximum Gasteiger partial charge on any atom is 0.125 e. The number of benzene rings is 2. The summed E-state index contributed by atoms with van der Waals surface area (Å²) in [6, 6.07) is 14.7. The molecule has 3 rings (SSSR count). The van der Waals surface area contributed by atoms with Gasteiger partial charge in [0.15, 0.2) is 0 Å². The van der Waals surface area contributed by atoms with Crippen LogP contribution in [0.15, 0.2) is 54.7 Å². The summed E-state index contributed by atoms with van der Waals surface area (Å²) in [5.41, 5.74) is 3.98. The summed E-state index contributed by atoms with van der Waals surface area (Å²) in [6.07, 6.45) is 1.84. The van der Waals surface area contributed by atoms with Crippen molar-refractivity contribution in [3.05, 3.63) is 77.4 Å². The fourth-order valence-electron chi connectivity index (χ4n) is 3.01. The molecule has 4 nitrogen and oxygen atoms in total. The number of hydrogen-bond acceptors (Lipinski definition) is 3. The van der Waals surface area contributed by atoms with Crippen molar-refractivity contribution < 1.29 is 9.13 Å². The van der Waals surface area contributed by atoms with E-state index in [9.17, 15) is 4.39 Å². The lowest BCUT2D eigenvalue weighted by Gasteiger charge is -2.15. The molecule has 26 heavy (non-hydrogen) atoms. The Hall–Kier alpha value is -2.66. The first-order valence-corrected chi connectivity index (χ1v) is 8.84. The van der Waals surface area contributed by atoms with Crippen molar-refractivity contribution in [2.75, 3.05) is 6.61 Å². The lowest BCUT2D eigenvalue weighted by molar-refractivity contribution is 0.339.